The topological polar surface area (TPSA) is 79.6 Å². The van der Waals surface area contributed by atoms with E-state index in [1.807, 2.05) is 12.1 Å². The normalized spacial score (nSPS) is 19.6. The van der Waals surface area contributed by atoms with Crippen molar-refractivity contribution in [1.29, 1.82) is 0 Å². The fourth-order valence-electron chi connectivity index (χ4n) is 2.30. The minimum absolute atomic E-state index is 0.0469. The van der Waals surface area contributed by atoms with Gasteiger partial charge in [-0.15, -0.1) is 0 Å². The second-order valence-electron chi connectivity index (χ2n) is 4.79. The zero-order chi connectivity index (χ0) is 14.4. The SMILES string of the molecule is CCN1CCOC(CNC(=O)c2ccccc2NN)C1. The number of morpholine rings is 1. The molecule has 0 bridgehead atoms. The zero-order valence-electron chi connectivity index (χ0n) is 11.8. The van der Waals surface area contributed by atoms with Crippen LogP contribution in [-0.4, -0.2) is 49.7 Å². The number of anilines is 1. The summed E-state index contributed by atoms with van der Waals surface area (Å²) in [5.41, 5.74) is 3.69. The number of amides is 1. The minimum Gasteiger partial charge on any atom is -0.374 e. The molecule has 0 spiro atoms. The molecule has 0 aromatic heterocycles. The molecular weight excluding hydrogens is 256 g/mol. The molecule has 1 fully saturated rings. The standard InChI is InChI=1S/C14H22N4O2/c1-2-18-7-8-20-11(10-18)9-16-14(19)12-5-3-4-6-13(12)17-15/h3-6,11,17H,2,7-10,15H2,1H3,(H,16,19). The fourth-order valence-corrected chi connectivity index (χ4v) is 2.30. The highest BCUT2D eigenvalue weighted by molar-refractivity contribution is 5.99. The summed E-state index contributed by atoms with van der Waals surface area (Å²) in [5, 5.41) is 2.90. The third-order valence-electron chi connectivity index (χ3n) is 3.49. The van der Waals surface area contributed by atoms with Gasteiger partial charge in [0.05, 0.1) is 24.0 Å². The second-order valence-corrected chi connectivity index (χ2v) is 4.79. The Labute approximate surface area is 119 Å². The Morgan fingerprint density at radius 3 is 3.05 bits per heavy atom. The molecule has 1 aliphatic rings. The van der Waals surface area contributed by atoms with Crippen molar-refractivity contribution in [3.8, 4) is 0 Å². The number of nitrogens with two attached hydrogens (primary N) is 1. The largest absolute Gasteiger partial charge is 0.374 e. The van der Waals surface area contributed by atoms with Crippen molar-refractivity contribution < 1.29 is 9.53 Å². The summed E-state index contributed by atoms with van der Waals surface area (Å²) < 4.78 is 5.66. The van der Waals surface area contributed by atoms with Crippen molar-refractivity contribution in [2.75, 3.05) is 38.2 Å². The molecule has 4 N–H and O–H groups in total. The van der Waals surface area contributed by atoms with Crippen LogP contribution in [0.3, 0.4) is 0 Å². The Morgan fingerprint density at radius 1 is 1.50 bits per heavy atom. The van der Waals surface area contributed by atoms with Crippen molar-refractivity contribution in [1.82, 2.24) is 10.2 Å². The van der Waals surface area contributed by atoms with Gasteiger partial charge in [-0.1, -0.05) is 19.1 Å². The Balaban J connectivity index is 1.88. The van der Waals surface area contributed by atoms with Crippen LogP contribution in [0.15, 0.2) is 24.3 Å². The number of carbonyl (C=O) groups is 1. The van der Waals surface area contributed by atoms with Crippen molar-refractivity contribution in [3.05, 3.63) is 29.8 Å². The van der Waals surface area contributed by atoms with Crippen molar-refractivity contribution in [2.24, 2.45) is 5.84 Å². The molecule has 1 aliphatic heterocycles. The second kappa shape index (κ2) is 7.23. The molecule has 1 heterocycles. The van der Waals surface area contributed by atoms with Gasteiger partial charge in [-0.3, -0.25) is 15.5 Å². The summed E-state index contributed by atoms with van der Waals surface area (Å²) in [7, 11) is 0. The fraction of sp³-hybridized carbons (Fsp3) is 0.500. The number of para-hydroxylation sites is 1. The Morgan fingerprint density at radius 2 is 2.30 bits per heavy atom. The van der Waals surface area contributed by atoms with E-state index in [0.29, 0.717) is 17.8 Å². The lowest BCUT2D eigenvalue weighted by molar-refractivity contribution is -0.0246. The summed E-state index contributed by atoms with van der Waals surface area (Å²) in [5.74, 6) is 5.26. The molecule has 20 heavy (non-hydrogen) atoms. The predicted octanol–water partition coefficient (Wildman–Crippen LogP) is 0.423. The molecule has 0 radical (unpaired) electrons. The number of rotatable bonds is 5. The number of nitrogen functional groups attached to an aromatic ring is 1. The van der Waals surface area contributed by atoms with Gasteiger partial charge in [-0.05, 0) is 18.7 Å². The monoisotopic (exact) mass is 278 g/mol. The van der Waals surface area contributed by atoms with Crippen molar-refractivity contribution in [2.45, 2.75) is 13.0 Å². The summed E-state index contributed by atoms with van der Waals surface area (Å²) in [4.78, 5) is 14.5. The third kappa shape index (κ3) is 3.69. The highest BCUT2D eigenvalue weighted by Gasteiger charge is 2.20. The molecule has 1 atom stereocenters. The van der Waals surface area contributed by atoms with Gasteiger partial charge in [0.25, 0.3) is 5.91 Å². The average Bonchev–Trinajstić information content (AvgIpc) is 2.52. The third-order valence-corrected chi connectivity index (χ3v) is 3.49. The first-order valence-electron chi connectivity index (χ1n) is 6.92. The molecule has 1 saturated heterocycles. The number of hydrazine groups is 1. The van der Waals surface area contributed by atoms with Crippen molar-refractivity contribution in [3.63, 3.8) is 0 Å². The average molecular weight is 278 g/mol. The molecule has 1 unspecified atom stereocenters. The number of hydrogen-bond donors (Lipinski definition) is 3. The van der Waals surface area contributed by atoms with E-state index < -0.39 is 0 Å². The molecule has 1 amide bonds. The number of ether oxygens (including phenoxy) is 1. The quantitative estimate of drug-likeness (QED) is 0.537. The number of nitrogens with one attached hydrogen (secondary N) is 2. The zero-order valence-corrected chi connectivity index (χ0v) is 11.8. The minimum atomic E-state index is -0.143. The molecular formula is C14H22N4O2. The molecule has 6 heteroatoms. The summed E-state index contributed by atoms with van der Waals surface area (Å²) in [6, 6.07) is 7.15. The van der Waals surface area contributed by atoms with Gasteiger partial charge in [0.1, 0.15) is 0 Å². The van der Waals surface area contributed by atoms with Gasteiger partial charge in [-0.2, -0.15) is 0 Å². The van der Waals surface area contributed by atoms with Gasteiger partial charge in [0.2, 0.25) is 0 Å². The molecule has 1 aromatic rings. The molecule has 0 saturated carbocycles. The van der Waals surface area contributed by atoms with Crippen LogP contribution < -0.4 is 16.6 Å². The van der Waals surface area contributed by atoms with Gasteiger partial charge in [-0.25, -0.2) is 0 Å². The van der Waals surface area contributed by atoms with Crippen LogP contribution in [0.4, 0.5) is 5.69 Å². The maximum Gasteiger partial charge on any atom is 0.253 e. The van der Waals surface area contributed by atoms with Gasteiger partial charge >= 0.3 is 0 Å². The first kappa shape index (κ1) is 14.8. The van der Waals surface area contributed by atoms with Crippen LogP contribution in [0, 0.1) is 0 Å². The lowest BCUT2D eigenvalue weighted by atomic mass is 10.1. The van der Waals surface area contributed by atoms with Gasteiger partial charge < -0.3 is 15.5 Å². The van der Waals surface area contributed by atoms with Gasteiger partial charge in [0, 0.05) is 19.6 Å². The number of benzene rings is 1. The lowest BCUT2D eigenvalue weighted by Crippen LogP contribution is -2.47. The summed E-state index contributed by atoms with van der Waals surface area (Å²) in [6.07, 6.45) is 0.0469. The van der Waals surface area contributed by atoms with E-state index in [9.17, 15) is 4.79 Å². The number of nitrogens with zero attached hydrogens (tertiary/aromatic N) is 1. The smallest absolute Gasteiger partial charge is 0.253 e. The first-order chi connectivity index (χ1) is 9.74. The maximum atomic E-state index is 12.1. The highest BCUT2D eigenvalue weighted by atomic mass is 16.5. The molecule has 6 nitrogen and oxygen atoms in total. The number of hydrogen-bond acceptors (Lipinski definition) is 5. The van der Waals surface area contributed by atoms with Crippen molar-refractivity contribution >= 4 is 11.6 Å². The van der Waals surface area contributed by atoms with Crippen LogP contribution >= 0.6 is 0 Å². The Kier molecular flexibility index (Phi) is 5.34. The number of likely N-dealkylation sites (N-methyl/N-ethyl adjacent to an activating group) is 1. The van der Waals surface area contributed by atoms with E-state index in [1.165, 1.54) is 0 Å². The Hall–Kier alpha value is -1.63. The van der Waals surface area contributed by atoms with Crippen LogP contribution in [0.1, 0.15) is 17.3 Å². The molecule has 110 valence electrons. The van der Waals surface area contributed by atoms with E-state index in [0.717, 1.165) is 26.2 Å². The van der Waals surface area contributed by atoms with E-state index in [4.69, 9.17) is 10.6 Å². The Bertz CT molecular complexity index is 453. The van der Waals surface area contributed by atoms with Crippen LogP contribution in [-0.2, 0) is 4.74 Å². The van der Waals surface area contributed by atoms with Crippen LogP contribution in [0.25, 0.3) is 0 Å². The summed E-state index contributed by atoms with van der Waals surface area (Å²) in [6.45, 7) is 6.18. The molecule has 0 aliphatic carbocycles. The highest BCUT2D eigenvalue weighted by Crippen LogP contribution is 2.13. The maximum absolute atomic E-state index is 12.1. The van der Waals surface area contributed by atoms with Gasteiger partial charge in [0.15, 0.2) is 0 Å². The predicted molar refractivity (Wildman–Crippen MR) is 78.4 cm³/mol. The first-order valence-corrected chi connectivity index (χ1v) is 6.92. The number of carbonyl (C=O) groups excluding carboxylic acids is 1. The van der Waals surface area contributed by atoms with E-state index >= 15 is 0 Å². The lowest BCUT2D eigenvalue weighted by Gasteiger charge is -2.32. The van der Waals surface area contributed by atoms with E-state index in [-0.39, 0.29) is 12.0 Å². The van der Waals surface area contributed by atoms with Crippen LogP contribution in [0.5, 0.6) is 0 Å². The summed E-state index contributed by atoms with van der Waals surface area (Å²) >= 11 is 0. The van der Waals surface area contributed by atoms with Crippen LogP contribution in [0.2, 0.25) is 0 Å². The molecule has 2 rings (SSSR count). The molecule has 1 aromatic carbocycles. The van der Waals surface area contributed by atoms with E-state index in [2.05, 4.69) is 22.6 Å². The van der Waals surface area contributed by atoms with E-state index in [1.54, 1.807) is 12.1 Å².